The van der Waals surface area contributed by atoms with Crippen molar-refractivity contribution >= 4 is 0 Å². The van der Waals surface area contributed by atoms with E-state index in [1.54, 1.807) is 0 Å². The minimum Gasteiger partial charge on any atom is -0.303 e. The third-order valence-corrected chi connectivity index (χ3v) is 6.23. The van der Waals surface area contributed by atoms with E-state index >= 15 is 0 Å². The molecule has 0 aromatic rings. The molecule has 3 rings (SSSR count). The standard InChI is InChI=1S/C21H37N5/c1-19-14-20(2)17-26(16-19)13-12-25-11-10-24(18-25)7-3-6-23-8-4-21(15-22)5-9-23/h19-21H,3-14,16-17H2,1-2H3. The van der Waals surface area contributed by atoms with Crippen molar-refractivity contribution in [2.45, 2.75) is 39.5 Å². The Bertz CT molecular complexity index is 444. The van der Waals surface area contributed by atoms with Crippen LogP contribution in [-0.4, -0.2) is 85.0 Å². The van der Waals surface area contributed by atoms with Crippen LogP contribution in [0, 0.1) is 35.8 Å². The van der Waals surface area contributed by atoms with E-state index in [9.17, 15) is 0 Å². The molecule has 0 aromatic heterocycles. The lowest BCUT2D eigenvalue weighted by Crippen LogP contribution is -2.42. The molecule has 0 amide bonds. The average molecular weight is 360 g/mol. The Kier molecular flexibility index (Phi) is 7.75. The predicted octanol–water partition coefficient (Wildman–Crippen LogP) is 2.20. The van der Waals surface area contributed by atoms with Crippen LogP contribution in [0.15, 0.2) is 0 Å². The summed E-state index contributed by atoms with van der Waals surface area (Å²) in [5, 5.41) is 8.98. The Hall–Kier alpha value is -0.670. The van der Waals surface area contributed by atoms with Crippen LogP contribution in [0.25, 0.3) is 0 Å². The summed E-state index contributed by atoms with van der Waals surface area (Å²) in [6, 6.07) is 2.42. The molecule has 0 spiro atoms. The van der Waals surface area contributed by atoms with Crippen LogP contribution in [0.1, 0.15) is 39.5 Å². The number of hydrogen-bond acceptors (Lipinski definition) is 5. The second-order valence-corrected chi connectivity index (χ2v) is 8.88. The molecule has 5 nitrogen and oxygen atoms in total. The number of hydrogen-bond donors (Lipinski definition) is 0. The zero-order valence-corrected chi connectivity index (χ0v) is 16.9. The Labute approximate surface area is 160 Å². The molecule has 2 atom stereocenters. The number of nitriles is 1. The van der Waals surface area contributed by atoms with Gasteiger partial charge in [0.15, 0.2) is 0 Å². The van der Waals surface area contributed by atoms with Crippen molar-refractivity contribution in [2.75, 3.05) is 65.4 Å². The number of piperidine rings is 2. The number of rotatable bonds is 7. The van der Waals surface area contributed by atoms with Crippen molar-refractivity contribution in [3.8, 4) is 6.07 Å². The SMILES string of the molecule is CC1CC(C)CN(CCN2[C]N(CCCN3CCC(C#N)CC3)CC2)C1. The van der Waals surface area contributed by atoms with Crippen molar-refractivity contribution in [3.63, 3.8) is 0 Å². The van der Waals surface area contributed by atoms with Crippen LogP contribution in [0.2, 0.25) is 0 Å². The molecule has 146 valence electrons. The Morgan fingerprint density at radius 2 is 1.50 bits per heavy atom. The van der Waals surface area contributed by atoms with Crippen molar-refractivity contribution in [3.05, 3.63) is 6.67 Å². The second kappa shape index (κ2) is 10.0. The molecule has 0 N–H and O–H groups in total. The van der Waals surface area contributed by atoms with Gasteiger partial charge < -0.3 is 9.80 Å². The molecule has 26 heavy (non-hydrogen) atoms. The van der Waals surface area contributed by atoms with E-state index in [0.717, 1.165) is 63.9 Å². The highest BCUT2D eigenvalue weighted by atomic mass is 15.4. The van der Waals surface area contributed by atoms with Gasteiger partial charge in [0, 0.05) is 51.7 Å². The van der Waals surface area contributed by atoms with Gasteiger partial charge in [-0.2, -0.15) is 5.26 Å². The second-order valence-electron chi connectivity index (χ2n) is 8.88. The minimum atomic E-state index is 0.297. The molecule has 3 heterocycles. The van der Waals surface area contributed by atoms with Gasteiger partial charge in [0.1, 0.15) is 6.67 Å². The fraction of sp³-hybridized carbons (Fsp3) is 0.905. The summed E-state index contributed by atoms with van der Waals surface area (Å²) in [6.45, 7) is 20.0. The van der Waals surface area contributed by atoms with Gasteiger partial charge in [0.05, 0.1) is 6.07 Å². The third kappa shape index (κ3) is 6.20. The summed E-state index contributed by atoms with van der Waals surface area (Å²) >= 11 is 0. The molecule has 3 aliphatic heterocycles. The molecule has 3 fully saturated rings. The summed E-state index contributed by atoms with van der Waals surface area (Å²) in [5.74, 6) is 1.99. The first-order chi connectivity index (χ1) is 12.6. The molecule has 0 aromatic carbocycles. The zero-order chi connectivity index (χ0) is 18.4. The van der Waals surface area contributed by atoms with Gasteiger partial charge >= 0.3 is 0 Å². The Morgan fingerprint density at radius 3 is 2.15 bits per heavy atom. The lowest BCUT2D eigenvalue weighted by Gasteiger charge is -2.35. The number of likely N-dealkylation sites (tertiary alicyclic amines) is 2. The maximum Gasteiger partial charge on any atom is 0.146 e. The van der Waals surface area contributed by atoms with E-state index in [2.05, 4.69) is 46.2 Å². The van der Waals surface area contributed by atoms with Crippen molar-refractivity contribution in [1.82, 2.24) is 19.6 Å². The molecule has 2 unspecified atom stereocenters. The largest absolute Gasteiger partial charge is 0.303 e. The van der Waals surface area contributed by atoms with Gasteiger partial charge in [-0.05, 0) is 57.2 Å². The topological polar surface area (TPSA) is 36.8 Å². The summed E-state index contributed by atoms with van der Waals surface area (Å²) in [5.41, 5.74) is 0. The van der Waals surface area contributed by atoms with E-state index in [1.807, 2.05) is 0 Å². The van der Waals surface area contributed by atoms with E-state index in [4.69, 9.17) is 5.26 Å². The number of nitrogens with zero attached hydrogens (tertiary/aromatic N) is 5. The van der Waals surface area contributed by atoms with Crippen LogP contribution in [0.3, 0.4) is 0 Å². The van der Waals surface area contributed by atoms with Crippen molar-refractivity contribution in [1.29, 1.82) is 5.26 Å². The molecular formula is C21H37N5. The van der Waals surface area contributed by atoms with Gasteiger partial charge in [0.25, 0.3) is 0 Å². The van der Waals surface area contributed by atoms with Crippen molar-refractivity contribution in [2.24, 2.45) is 17.8 Å². The van der Waals surface area contributed by atoms with E-state index in [1.165, 1.54) is 39.0 Å². The smallest absolute Gasteiger partial charge is 0.146 e. The van der Waals surface area contributed by atoms with Gasteiger partial charge in [-0.3, -0.25) is 9.80 Å². The Morgan fingerprint density at radius 1 is 0.846 bits per heavy atom. The van der Waals surface area contributed by atoms with Crippen LogP contribution >= 0.6 is 0 Å². The maximum absolute atomic E-state index is 8.98. The van der Waals surface area contributed by atoms with Gasteiger partial charge in [0.2, 0.25) is 0 Å². The van der Waals surface area contributed by atoms with Crippen molar-refractivity contribution < 1.29 is 0 Å². The van der Waals surface area contributed by atoms with Gasteiger partial charge in [-0.1, -0.05) is 13.8 Å². The minimum absolute atomic E-state index is 0.297. The van der Waals surface area contributed by atoms with Crippen LogP contribution in [0.5, 0.6) is 0 Å². The first-order valence-electron chi connectivity index (χ1n) is 10.7. The molecule has 0 aliphatic carbocycles. The van der Waals surface area contributed by atoms with Gasteiger partial charge in [-0.25, -0.2) is 0 Å². The maximum atomic E-state index is 8.98. The molecule has 0 saturated carbocycles. The summed E-state index contributed by atoms with van der Waals surface area (Å²) in [6.07, 6.45) is 4.71. The van der Waals surface area contributed by atoms with E-state index in [-0.39, 0.29) is 0 Å². The first kappa shape index (κ1) is 20.1. The zero-order valence-electron chi connectivity index (χ0n) is 16.9. The van der Waals surface area contributed by atoms with Crippen LogP contribution in [-0.2, 0) is 0 Å². The average Bonchev–Trinajstić information content (AvgIpc) is 3.08. The molecule has 2 radical (unpaired) electrons. The molecule has 0 bridgehead atoms. The quantitative estimate of drug-likeness (QED) is 0.697. The lowest BCUT2D eigenvalue weighted by atomic mass is 9.92. The van der Waals surface area contributed by atoms with E-state index in [0.29, 0.717) is 5.92 Å². The van der Waals surface area contributed by atoms with E-state index < -0.39 is 0 Å². The van der Waals surface area contributed by atoms with Crippen LogP contribution < -0.4 is 0 Å². The molecule has 5 heteroatoms. The normalized spacial score (nSPS) is 30.7. The summed E-state index contributed by atoms with van der Waals surface area (Å²) < 4.78 is 0. The Balaban J connectivity index is 1.25. The highest BCUT2D eigenvalue weighted by molar-refractivity contribution is 4.87. The fourth-order valence-electron chi connectivity index (χ4n) is 4.87. The van der Waals surface area contributed by atoms with Gasteiger partial charge in [-0.15, -0.1) is 0 Å². The summed E-state index contributed by atoms with van der Waals surface area (Å²) in [4.78, 5) is 9.94. The highest BCUT2D eigenvalue weighted by Crippen LogP contribution is 2.21. The monoisotopic (exact) mass is 359 g/mol. The molecule has 3 saturated heterocycles. The highest BCUT2D eigenvalue weighted by Gasteiger charge is 2.25. The fourth-order valence-corrected chi connectivity index (χ4v) is 4.87. The predicted molar refractivity (Wildman–Crippen MR) is 105 cm³/mol. The molecule has 3 aliphatic rings. The third-order valence-electron chi connectivity index (χ3n) is 6.23. The summed E-state index contributed by atoms with van der Waals surface area (Å²) in [7, 11) is 0. The first-order valence-corrected chi connectivity index (χ1v) is 10.7. The lowest BCUT2D eigenvalue weighted by molar-refractivity contribution is 0.129. The van der Waals surface area contributed by atoms with Crippen LogP contribution in [0.4, 0.5) is 0 Å². The molecular weight excluding hydrogens is 322 g/mol.